The first kappa shape index (κ1) is 9.71. The third-order valence-electron chi connectivity index (χ3n) is 2.33. The quantitative estimate of drug-likeness (QED) is 0.800. The average Bonchev–Trinajstić information content (AvgIpc) is 2.74. The number of nitrogens with zero attached hydrogens (tertiary/aromatic N) is 2. The second kappa shape index (κ2) is 4.13. The minimum absolute atomic E-state index is 0.580. The number of nitrogens with two attached hydrogens (primary N) is 1. The lowest BCUT2D eigenvalue weighted by atomic mass is 10.1. The maximum Gasteiger partial charge on any atom is 0.130 e. The van der Waals surface area contributed by atoms with Gasteiger partial charge in [-0.2, -0.15) is 0 Å². The van der Waals surface area contributed by atoms with Crippen LogP contribution < -0.4 is 5.73 Å². The first-order valence-electron chi connectivity index (χ1n) is 5.06. The minimum atomic E-state index is 0.580. The van der Waals surface area contributed by atoms with Crippen molar-refractivity contribution in [1.82, 2.24) is 15.0 Å². The van der Waals surface area contributed by atoms with E-state index in [2.05, 4.69) is 21.9 Å². The average molecular weight is 202 g/mol. The van der Waals surface area contributed by atoms with E-state index in [4.69, 9.17) is 5.73 Å². The van der Waals surface area contributed by atoms with E-state index in [1.807, 2.05) is 18.3 Å². The van der Waals surface area contributed by atoms with Gasteiger partial charge in [-0.25, -0.2) is 9.97 Å². The molecule has 0 unspecified atom stereocenters. The van der Waals surface area contributed by atoms with Gasteiger partial charge in [-0.3, -0.25) is 0 Å². The second-order valence-electron chi connectivity index (χ2n) is 3.42. The zero-order chi connectivity index (χ0) is 10.7. The molecule has 0 aromatic carbocycles. The van der Waals surface area contributed by atoms with Crippen LogP contribution in [0.2, 0.25) is 0 Å². The molecule has 0 spiro atoms. The maximum atomic E-state index is 5.85. The van der Waals surface area contributed by atoms with Gasteiger partial charge >= 0.3 is 0 Å². The van der Waals surface area contributed by atoms with Gasteiger partial charge in [0.15, 0.2) is 0 Å². The van der Waals surface area contributed by atoms with Crippen molar-refractivity contribution in [3.8, 4) is 11.4 Å². The van der Waals surface area contributed by atoms with Gasteiger partial charge in [0.1, 0.15) is 12.1 Å². The lowest BCUT2D eigenvalue weighted by Crippen LogP contribution is -2.02. The molecule has 4 nitrogen and oxygen atoms in total. The molecule has 2 rings (SSSR count). The van der Waals surface area contributed by atoms with Gasteiger partial charge in [0.25, 0.3) is 0 Å². The molecule has 15 heavy (non-hydrogen) atoms. The van der Waals surface area contributed by atoms with Gasteiger partial charge in [-0.15, -0.1) is 0 Å². The highest BCUT2D eigenvalue weighted by molar-refractivity contribution is 5.64. The highest BCUT2D eigenvalue weighted by atomic mass is 14.9. The van der Waals surface area contributed by atoms with Gasteiger partial charge in [0.05, 0.1) is 11.4 Å². The number of H-pyrrole nitrogens is 1. The Morgan fingerprint density at radius 2 is 2.27 bits per heavy atom. The molecule has 2 heterocycles. The van der Waals surface area contributed by atoms with E-state index in [0.717, 1.165) is 29.8 Å². The lowest BCUT2D eigenvalue weighted by Gasteiger charge is -2.07. The molecule has 0 fully saturated rings. The topological polar surface area (TPSA) is 67.6 Å². The molecule has 0 amide bonds. The van der Waals surface area contributed by atoms with E-state index in [1.54, 1.807) is 0 Å². The Bertz CT molecular complexity index is 434. The van der Waals surface area contributed by atoms with Gasteiger partial charge in [0.2, 0.25) is 0 Å². The molecule has 3 N–H and O–H groups in total. The van der Waals surface area contributed by atoms with E-state index >= 15 is 0 Å². The van der Waals surface area contributed by atoms with Gasteiger partial charge in [-0.05, 0) is 18.6 Å². The Morgan fingerprint density at radius 1 is 1.40 bits per heavy atom. The zero-order valence-corrected chi connectivity index (χ0v) is 8.70. The summed E-state index contributed by atoms with van der Waals surface area (Å²) >= 11 is 0. The minimum Gasteiger partial charge on any atom is -0.383 e. The van der Waals surface area contributed by atoms with E-state index in [-0.39, 0.29) is 0 Å². The first-order valence-corrected chi connectivity index (χ1v) is 5.06. The molecule has 0 aliphatic heterocycles. The molecule has 0 saturated carbocycles. The molecule has 2 aromatic heterocycles. The van der Waals surface area contributed by atoms with Crippen LogP contribution in [0.4, 0.5) is 5.82 Å². The number of rotatable bonds is 3. The lowest BCUT2D eigenvalue weighted by molar-refractivity contribution is 0.907. The molecule has 0 aliphatic carbocycles. The molecule has 4 heteroatoms. The smallest absolute Gasteiger partial charge is 0.130 e. The largest absolute Gasteiger partial charge is 0.383 e. The van der Waals surface area contributed by atoms with E-state index < -0.39 is 0 Å². The fraction of sp³-hybridized carbons (Fsp3) is 0.273. The molecular weight excluding hydrogens is 188 g/mol. The van der Waals surface area contributed by atoms with Gasteiger partial charge in [-0.1, -0.05) is 13.3 Å². The third-order valence-corrected chi connectivity index (χ3v) is 2.33. The van der Waals surface area contributed by atoms with Crippen molar-refractivity contribution in [3.63, 3.8) is 0 Å². The normalized spacial score (nSPS) is 10.5. The summed E-state index contributed by atoms with van der Waals surface area (Å²) in [6.45, 7) is 2.12. The molecule has 0 aliphatic rings. The summed E-state index contributed by atoms with van der Waals surface area (Å²) in [7, 11) is 0. The predicted octanol–water partition coefficient (Wildman–Crippen LogP) is 2.01. The van der Waals surface area contributed by atoms with Crippen molar-refractivity contribution in [2.24, 2.45) is 0 Å². The van der Waals surface area contributed by atoms with Crippen LogP contribution in [0.25, 0.3) is 11.4 Å². The maximum absolute atomic E-state index is 5.85. The zero-order valence-electron chi connectivity index (χ0n) is 8.70. The van der Waals surface area contributed by atoms with Crippen LogP contribution in [0, 0.1) is 0 Å². The van der Waals surface area contributed by atoms with Crippen molar-refractivity contribution in [2.45, 2.75) is 19.8 Å². The summed E-state index contributed by atoms with van der Waals surface area (Å²) in [5.41, 5.74) is 8.78. The number of anilines is 1. The van der Waals surface area contributed by atoms with Crippen molar-refractivity contribution >= 4 is 5.82 Å². The Hall–Kier alpha value is -1.84. The van der Waals surface area contributed by atoms with E-state index in [9.17, 15) is 0 Å². The van der Waals surface area contributed by atoms with Crippen LogP contribution in [0.1, 0.15) is 18.9 Å². The summed E-state index contributed by atoms with van der Waals surface area (Å²) in [5, 5.41) is 0. The highest BCUT2D eigenvalue weighted by Crippen LogP contribution is 2.23. The van der Waals surface area contributed by atoms with Crippen LogP contribution in [-0.4, -0.2) is 15.0 Å². The number of hydrogen-bond acceptors (Lipinski definition) is 3. The first-order chi connectivity index (χ1) is 7.33. The molecule has 2 aromatic rings. The number of aromatic amines is 1. The van der Waals surface area contributed by atoms with Crippen molar-refractivity contribution < 1.29 is 0 Å². The molecule has 78 valence electrons. The second-order valence-corrected chi connectivity index (χ2v) is 3.42. The Balaban J connectivity index is 2.51. The monoisotopic (exact) mass is 202 g/mol. The van der Waals surface area contributed by atoms with Crippen molar-refractivity contribution in [2.75, 3.05) is 5.73 Å². The van der Waals surface area contributed by atoms with E-state index in [1.165, 1.54) is 6.33 Å². The van der Waals surface area contributed by atoms with Crippen molar-refractivity contribution in [3.05, 3.63) is 30.2 Å². The summed E-state index contributed by atoms with van der Waals surface area (Å²) in [4.78, 5) is 11.4. The van der Waals surface area contributed by atoms with Gasteiger partial charge < -0.3 is 10.7 Å². The van der Waals surface area contributed by atoms with E-state index in [0.29, 0.717) is 5.82 Å². The van der Waals surface area contributed by atoms with Crippen LogP contribution in [0.5, 0.6) is 0 Å². The number of hydrogen-bond donors (Lipinski definition) is 2. The molecule has 0 saturated heterocycles. The molecule has 0 atom stereocenters. The Morgan fingerprint density at radius 3 is 2.93 bits per heavy atom. The third kappa shape index (κ3) is 1.83. The van der Waals surface area contributed by atoms with Crippen LogP contribution >= 0.6 is 0 Å². The summed E-state index contributed by atoms with van der Waals surface area (Å²) < 4.78 is 0. The summed E-state index contributed by atoms with van der Waals surface area (Å²) in [6.07, 6.45) is 5.32. The van der Waals surface area contributed by atoms with Gasteiger partial charge in [0, 0.05) is 11.8 Å². The van der Waals surface area contributed by atoms with Crippen LogP contribution in [0.3, 0.4) is 0 Å². The fourth-order valence-electron chi connectivity index (χ4n) is 1.63. The standard InChI is InChI=1S/C11H14N4/c1-2-4-8-10(9-5-3-6-13-9)14-7-15-11(8)12/h3,5-7,13H,2,4H2,1H3,(H2,12,14,15). The molecule has 0 bridgehead atoms. The van der Waals surface area contributed by atoms with Crippen molar-refractivity contribution in [1.29, 1.82) is 0 Å². The van der Waals surface area contributed by atoms with Crippen LogP contribution in [-0.2, 0) is 6.42 Å². The number of aromatic nitrogens is 3. The highest BCUT2D eigenvalue weighted by Gasteiger charge is 2.10. The Kier molecular flexibility index (Phi) is 2.67. The SMILES string of the molecule is CCCc1c(N)ncnc1-c1ccc[nH]1. The summed E-state index contributed by atoms with van der Waals surface area (Å²) in [6, 6.07) is 3.93. The van der Waals surface area contributed by atoms with Crippen LogP contribution in [0.15, 0.2) is 24.7 Å². The Labute approximate surface area is 88.6 Å². The summed E-state index contributed by atoms with van der Waals surface area (Å²) in [5.74, 6) is 0.580. The molecular formula is C11H14N4. The number of nitrogens with one attached hydrogen (secondary N) is 1. The number of nitrogen functional groups attached to an aromatic ring is 1. The molecule has 0 radical (unpaired) electrons. The fourth-order valence-corrected chi connectivity index (χ4v) is 1.63. The predicted molar refractivity (Wildman–Crippen MR) is 60.2 cm³/mol.